The zero-order valence-electron chi connectivity index (χ0n) is 10.9. The number of hydrogen-bond acceptors (Lipinski definition) is 5. The van der Waals surface area contributed by atoms with Gasteiger partial charge in [-0.15, -0.1) is 11.8 Å². The highest BCUT2D eigenvalue weighted by molar-refractivity contribution is 8.00. The number of thioether (sulfide) groups is 1. The minimum Gasteiger partial charge on any atom is -0.508 e. The normalized spacial score (nSPS) is 10.1. The molecule has 0 spiro atoms. The number of carbonyl (C=O) groups excluding carboxylic acids is 1. The third kappa shape index (κ3) is 4.22. The number of phenols is 1. The first-order valence-corrected chi connectivity index (χ1v) is 7.00. The van der Waals surface area contributed by atoms with Crippen molar-refractivity contribution >= 4 is 29.0 Å². The molecule has 6 nitrogen and oxygen atoms in total. The lowest BCUT2D eigenvalue weighted by atomic mass is 10.2. The molecule has 2 aromatic rings. The molecule has 0 atom stereocenters. The van der Waals surface area contributed by atoms with E-state index in [1.54, 1.807) is 24.3 Å². The van der Waals surface area contributed by atoms with Crippen molar-refractivity contribution in [2.24, 2.45) is 0 Å². The van der Waals surface area contributed by atoms with Gasteiger partial charge in [-0.3, -0.25) is 14.9 Å². The lowest BCUT2D eigenvalue weighted by Crippen LogP contribution is -2.15. The van der Waals surface area contributed by atoms with Crippen molar-refractivity contribution in [3.05, 3.63) is 58.6 Å². The smallest absolute Gasteiger partial charge is 0.292 e. The maximum absolute atomic E-state index is 11.8. The minimum atomic E-state index is -0.539. The van der Waals surface area contributed by atoms with Crippen LogP contribution in [0.1, 0.15) is 0 Å². The first-order valence-electron chi connectivity index (χ1n) is 6.01. The van der Waals surface area contributed by atoms with Gasteiger partial charge in [0.2, 0.25) is 5.91 Å². The molecule has 0 fully saturated rings. The summed E-state index contributed by atoms with van der Waals surface area (Å²) in [6.07, 6.45) is 0. The lowest BCUT2D eigenvalue weighted by Gasteiger charge is -2.05. The second-order valence-electron chi connectivity index (χ2n) is 4.11. The Labute approximate surface area is 125 Å². The van der Waals surface area contributed by atoms with Gasteiger partial charge in [0.05, 0.1) is 10.7 Å². The van der Waals surface area contributed by atoms with Gasteiger partial charge >= 0.3 is 0 Å². The summed E-state index contributed by atoms with van der Waals surface area (Å²) < 4.78 is 0. The Morgan fingerprint density at radius 1 is 1.19 bits per heavy atom. The molecule has 0 aliphatic carbocycles. The Morgan fingerprint density at radius 3 is 2.52 bits per heavy atom. The summed E-state index contributed by atoms with van der Waals surface area (Å²) in [6.45, 7) is 0. The highest BCUT2D eigenvalue weighted by Crippen LogP contribution is 2.24. The third-order valence-corrected chi connectivity index (χ3v) is 3.59. The molecule has 7 heteroatoms. The predicted molar refractivity (Wildman–Crippen MR) is 80.6 cm³/mol. The highest BCUT2D eigenvalue weighted by Gasteiger charge is 2.14. The van der Waals surface area contributed by atoms with E-state index in [0.29, 0.717) is 0 Å². The Morgan fingerprint density at radius 2 is 1.86 bits per heavy atom. The molecule has 2 N–H and O–H groups in total. The van der Waals surface area contributed by atoms with Crippen molar-refractivity contribution in [3.63, 3.8) is 0 Å². The molecule has 0 heterocycles. The van der Waals surface area contributed by atoms with Crippen molar-refractivity contribution in [2.45, 2.75) is 4.90 Å². The molecule has 0 aliphatic heterocycles. The van der Waals surface area contributed by atoms with Crippen LogP contribution in [0, 0.1) is 10.1 Å². The van der Waals surface area contributed by atoms with Crippen LogP contribution in [0.25, 0.3) is 0 Å². The summed E-state index contributed by atoms with van der Waals surface area (Å²) >= 11 is 1.28. The molecule has 0 radical (unpaired) electrons. The van der Waals surface area contributed by atoms with E-state index in [1.807, 2.05) is 0 Å². The van der Waals surface area contributed by atoms with Crippen molar-refractivity contribution < 1.29 is 14.8 Å². The van der Waals surface area contributed by atoms with Crippen LogP contribution in [0.4, 0.5) is 11.4 Å². The standard InChI is InChI=1S/C14H12N2O4S/c17-10-5-7-11(8-6-10)21-9-14(18)15-12-3-1-2-4-13(12)16(19)20/h1-8,17H,9H2,(H,15,18). The topological polar surface area (TPSA) is 92.5 Å². The molecule has 2 aromatic carbocycles. The van der Waals surface area contributed by atoms with E-state index in [1.165, 1.54) is 36.0 Å². The first-order chi connectivity index (χ1) is 10.1. The molecule has 0 saturated heterocycles. The van der Waals surface area contributed by atoms with Crippen molar-refractivity contribution in [3.8, 4) is 5.75 Å². The minimum absolute atomic E-state index is 0.122. The number of nitro groups is 1. The number of anilines is 1. The molecule has 0 bridgehead atoms. The maximum Gasteiger partial charge on any atom is 0.292 e. The number of nitrogens with one attached hydrogen (secondary N) is 1. The number of aromatic hydroxyl groups is 1. The number of amides is 1. The van der Waals surface area contributed by atoms with E-state index in [9.17, 15) is 14.9 Å². The van der Waals surface area contributed by atoms with E-state index in [2.05, 4.69) is 5.32 Å². The summed E-state index contributed by atoms with van der Waals surface area (Å²) in [7, 11) is 0. The summed E-state index contributed by atoms with van der Waals surface area (Å²) in [5.41, 5.74) is 0.0410. The summed E-state index contributed by atoms with van der Waals surface area (Å²) in [4.78, 5) is 22.9. The summed E-state index contributed by atoms with van der Waals surface area (Å²) in [6, 6.07) is 12.4. The Hall–Kier alpha value is -2.54. The molecule has 0 aliphatic rings. The number of para-hydroxylation sites is 2. The molecule has 0 unspecified atom stereocenters. The van der Waals surface area contributed by atoms with E-state index < -0.39 is 4.92 Å². The Balaban J connectivity index is 1.96. The first kappa shape index (κ1) is 14.9. The van der Waals surface area contributed by atoms with E-state index in [0.717, 1.165) is 4.90 Å². The number of rotatable bonds is 5. The molecule has 21 heavy (non-hydrogen) atoms. The van der Waals surface area contributed by atoms with Gasteiger partial charge in [0, 0.05) is 11.0 Å². The van der Waals surface area contributed by atoms with E-state index in [-0.39, 0.29) is 28.8 Å². The predicted octanol–water partition coefficient (Wildman–Crippen LogP) is 3.03. The van der Waals surface area contributed by atoms with Crippen molar-refractivity contribution in [2.75, 3.05) is 11.1 Å². The zero-order valence-corrected chi connectivity index (χ0v) is 11.7. The van der Waals surface area contributed by atoms with Gasteiger partial charge in [-0.1, -0.05) is 12.1 Å². The molecular formula is C14H12N2O4S. The fourth-order valence-electron chi connectivity index (χ4n) is 1.62. The maximum atomic E-state index is 11.8. The summed E-state index contributed by atoms with van der Waals surface area (Å²) in [5.74, 6) is -0.0531. The molecule has 0 saturated carbocycles. The fourth-order valence-corrected chi connectivity index (χ4v) is 2.31. The molecule has 1 amide bonds. The summed E-state index contributed by atoms with van der Waals surface area (Å²) in [5, 5.41) is 22.5. The average molecular weight is 304 g/mol. The van der Waals surface area contributed by atoms with Gasteiger partial charge in [-0.25, -0.2) is 0 Å². The van der Waals surface area contributed by atoms with Crippen molar-refractivity contribution in [1.82, 2.24) is 0 Å². The lowest BCUT2D eigenvalue weighted by molar-refractivity contribution is -0.383. The zero-order chi connectivity index (χ0) is 15.2. The number of phenolic OH excluding ortho intramolecular Hbond substituents is 1. The van der Waals surface area contributed by atoms with Gasteiger partial charge in [0.15, 0.2) is 0 Å². The highest BCUT2D eigenvalue weighted by atomic mass is 32.2. The van der Waals surface area contributed by atoms with Crippen LogP contribution in [-0.2, 0) is 4.79 Å². The number of benzene rings is 2. The number of nitro benzene ring substituents is 1. The van der Waals surface area contributed by atoms with Gasteiger partial charge in [0.1, 0.15) is 11.4 Å². The van der Waals surface area contributed by atoms with E-state index >= 15 is 0 Å². The van der Waals surface area contributed by atoms with Crippen molar-refractivity contribution in [1.29, 1.82) is 0 Å². The number of hydrogen-bond donors (Lipinski definition) is 2. The average Bonchev–Trinajstić information content (AvgIpc) is 2.47. The molecular weight excluding hydrogens is 292 g/mol. The number of carbonyl (C=O) groups is 1. The Kier molecular flexibility index (Phi) is 4.78. The van der Waals surface area contributed by atoms with Crippen LogP contribution in [0.2, 0.25) is 0 Å². The molecule has 2 rings (SSSR count). The van der Waals surface area contributed by atoms with Crippen LogP contribution in [0.5, 0.6) is 5.75 Å². The van der Waals surface area contributed by atoms with Gasteiger partial charge in [0.25, 0.3) is 5.69 Å². The number of nitrogens with zero attached hydrogens (tertiary/aromatic N) is 1. The van der Waals surface area contributed by atoms with Crippen LogP contribution < -0.4 is 5.32 Å². The quantitative estimate of drug-likeness (QED) is 0.503. The van der Waals surface area contributed by atoms with Gasteiger partial charge in [-0.05, 0) is 30.3 Å². The second-order valence-corrected chi connectivity index (χ2v) is 5.15. The van der Waals surface area contributed by atoms with Crippen LogP contribution >= 0.6 is 11.8 Å². The van der Waals surface area contributed by atoms with Crippen LogP contribution in [0.3, 0.4) is 0 Å². The van der Waals surface area contributed by atoms with Crippen LogP contribution in [-0.4, -0.2) is 21.7 Å². The monoisotopic (exact) mass is 304 g/mol. The SMILES string of the molecule is O=C(CSc1ccc(O)cc1)Nc1ccccc1[N+](=O)[O-]. The van der Waals surface area contributed by atoms with Gasteiger partial charge in [-0.2, -0.15) is 0 Å². The third-order valence-electron chi connectivity index (χ3n) is 2.58. The van der Waals surface area contributed by atoms with Gasteiger partial charge < -0.3 is 10.4 Å². The molecule has 0 aromatic heterocycles. The van der Waals surface area contributed by atoms with E-state index in [4.69, 9.17) is 5.11 Å². The second kappa shape index (κ2) is 6.76. The Bertz CT molecular complexity index is 658. The largest absolute Gasteiger partial charge is 0.508 e. The fraction of sp³-hybridized carbons (Fsp3) is 0.0714. The van der Waals surface area contributed by atoms with Crippen LogP contribution in [0.15, 0.2) is 53.4 Å². The molecule has 108 valence electrons.